The van der Waals surface area contributed by atoms with E-state index in [-0.39, 0.29) is 12.7 Å². The second-order valence-electron chi connectivity index (χ2n) is 5.33. The van der Waals surface area contributed by atoms with Gasteiger partial charge in [0.25, 0.3) is 20.0 Å². The summed E-state index contributed by atoms with van der Waals surface area (Å²) in [4.78, 5) is 5.60. The second kappa shape index (κ2) is 6.34. The first kappa shape index (κ1) is 21.5. The number of alkyl halides is 4. The third-order valence-electron chi connectivity index (χ3n) is 2.67. The Balaban J connectivity index is 3.24. The van der Waals surface area contributed by atoms with Gasteiger partial charge in [0.15, 0.2) is 5.03 Å². The van der Waals surface area contributed by atoms with Gasteiger partial charge in [-0.25, -0.2) is 30.6 Å². The number of halogens is 4. The molecule has 0 aliphatic heterocycles. The molecular weight excluding hydrogens is 394 g/mol. The zero-order valence-corrected chi connectivity index (χ0v) is 14.8. The number of nitrogens with zero attached hydrogens (tertiary/aromatic N) is 1. The van der Waals surface area contributed by atoms with Crippen LogP contribution in [0, 0.1) is 0 Å². The molecule has 1 aromatic rings. The van der Waals surface area contributed by atoms with Crippen molar-refractivity contribution in [3.05, 3.63) is 18.6 Å². The zero-order valence-electron chi connectivity index (χ0n) is 13.2. The van der Waals surface area contributed by atoms with Crippen molar-refractivity contribution in [3.8, 4) is 0 Å². The summed E-state index contributed by atoms with van der Waals surface area (Å²) in [7, 11) is -10.9. The first-order valence-electron chi connectivity index (χ1n) is 6.36. The Morgan fingerprint density at radius 2 is 1.72 bits per heavy atom. The summed E-state index contributed by atoms with van der Waals surface area (Å²) in [5.41, 5.74) is 0. The van der Waals surface area contributed by atoms with Crippen LogP contribution >= 0.6 is 0 Å². The number of aromatic amines is 1. The van der Waals surface area contributed by atoms with E-state index in [1.54, 1.807) is 0 Å². The molecule has 0 saturated carbocycles. The van der Waals surface area contributed by atoms with Gasteiger partial charge < -0.3 is 4.98 Å². The van der Waals surface area contributed by atoms with E-state index in [2.05, 4.69) is 21.3 Å². The van der Waals surface area contributed by atoms with Gasteiger partial charge in [-0.05, 0) is 26.8 Å². The summed E-state index contributed by atoms with van der Waals surface area (Å²) >= 11 is 0. The molecule has 0 amide bonds. The summed E-state index contributed by atoms with van der Waals surface area (Å²) < 4.78 is 107. The second-order valence-corrected chi connectivity index (χ2v) is 9.21. The number of hydrogen-bond acceptors (Lipinski definition) is 6. The van der Waals surface area contributed by atoms with E-state index in [0.717, 1.165) is 10.2 Å². The smallest absolute Gasteiger partial charge is 0.328 e. The van der Waals surface area contributed by atoms with Gasteiger partial charge in [0, 0.05) is 0 Å². The Kier molecular flexibility index (Phi) is 5.46. The van der Waals surface area contributed by atoms with Gasteiger partial charge in [0.2, 0.25) is 5.85 Å². The lowest BCUT2D eigenvalue weighted by molar-refractivity contribution is -0.349. The molecule has 14 heteroatoms. The van der Waals surface area contributed by atoms with Crippen molar-refractivity contribution in [2.75, 3.05) is 0 Å². The molecule has 8 nitrogen and oxygen atoms in total. The molecule has 2 N–H and O–H groups in total. The minimum Gasteiger partial charge on any atom is -0.328 e. The van der Waals surface area contributed by atoms with E-state index in [1.807, 2.05) is 0 Å². The summed E-state index contributed by atoms with van der Waals surface area (Å²) in [6.45, 7) is 4.06. The van der Waals surface area contributed by atoms with Crippen LogP contribution in [0.2, 0.25) is 0 Å². The lowest BCUT2D eigenvalue weighted by atomic mass is 10.3. The maximum absolute atomic E-state index is 14.3. The molecule has 0 bridgehead atoms. The van der Waals surface area contributed by atoms with Crippen LogP contribution in [0.5, 0.6) is 0 Å². The number of H-pyrrole nitrogens is 1. The minimum atomic E-state index is -5.91. The van der Waals surface area contributed by atoms with Crippen molar-refractivity contribution in [2.45, 2.75) is 42.8 Å². The monoisotopic (exact) mass is 409 g/mol. The number of sulfonamides is 2. The van der Waals surface area contributed by atoms with Crippen LogP contribution in [0.3, 0.4) is 0 Å². The highest BCUT2D eigenvalue weighted by Gasteiger charge is 2.65. The van der Waals surface area contributed by atoms with Crippen molar-refractivity contribution in [2.24, 2.45) is 0 Å². The van der Waals surface area contributed by atoms with Crippen LogP contribution < -0.4 is 4.13 Å². The van der Waals surface area contributed by atoms with Crippen LogP contribution in [0.25, 0.3) is 6.08 Å². The van der Waals surface area contributed by atoms with E-state index in [0.29, 0.717) is 20.0 Å². The van der Waals surface area contributed by atoms with Gasteiger partial charge in [-0.3, -0.25) is 4.74 Å². The lowest BCUT2D eigenvalue weighted by Gasteiger charge is -2.32. The fourth-order valence-corrected chi connectivity index (χ4v) is 4.30. The van der Waals surface area contributed by atoms with Crippen molar-refractivity contribution in [1.29, 1.82) is 0 Å². The fourth-order valence-electron chi connectivity index (χ4n) is 1.38. The van der Waals surface area contributed by atoms with Gasteiger partial charge in [0.05, 0.1) is 6.20 Å². The Labute approximate surface area is 141 Å². The Morgan fingerprint density at radius 1 is 1.20 bits per heavy atom. The normalized spacial score (nSPS) is 16.4. The summed E-state index contributed by atoms with van der Waals surface area (Å²) in [6, 6.07) is 0. The zero-order chi connectivity index (χ0) is 19.9. The van der Waals surface area contributed by atoms with Gasteiger partial charge >= 0.3 is 11.1 Å². The molecule has 0 spiro atoms. The van der Waals surface area contributed by atoms with Gasteiger partial charge in [-0.2, -0.15) is 8.78 Å². The molecule has 1 atom stereocenters. The minimum absolute atomic E-state index is 0.0753. The number of ether oxygens (including phenoxy) is 1. The summed E-state index contributed by atoms with van der Waals surface area (Å²) in [6.07, 6.45) is -3.48. The highest BCUT2D eigenvalue weighted by molar-refractivity contribution is 8.05. The average Bonchev–Trinajstić information content (AvgIpc) is 2.83. The van der Waals surface area contributed by atoms with E-state index >= 15 is 0 Å². The Morgan fingerprint density at radius 3 is 2.12 bits per heavy atom. The van der Waals surface area contributed by atoms with E-state index in [9.17, 15) is 34.4 Å². The van der Waals surface area contributed by atoms with Crippen molar-refractivity contribution in [3.63, 3.8) is 0 Å². The third-order valence-corrected chi connectivity index (χ3v) is 6.46. The van der Waals surface area contributed by atoms with Gasteiger partial charge in [0.1, 0.15) is 5.82 Å². The molecule has 144 valence electrons. The largest absolute Gasteiger partial charge is 0.408 e. The molecule has 0 saturated heterocycles. The first-order chi connectivity index (χ1) is 11.0. The molecule has 0 aliphatic rings. The molecule has 0 fully saturated rings. The molecule has 0 aromatic carbocycles. The quantitative estimate of drug-likeness (QED) is 0.631. The van der Waals surface area contributed by atoms with E-state index < -0.39 is 42.0 Å². The molecular formula is C11H15F4N3O5S2. The van der Waals surface area contributed by atoms with Crippen LogP contribution in [-0.2, 0) is 24.8 Å². The molecule has 1 unspecified atom stereocenters. The number of rotatable bonds is 8. The number of nitrogens with one attached hydrogen (secondary N) is 2. The molecule has 0 aliphatic carbocycles. The summed E-state index contributed by atoms with van der Waals surface area (Å²) in [5.74, 6) is -3.18. The van der Waals surface area contributed by atoms with Crippen molar-refractivity contribution < 1.29 is 39.1 Å². The standard InChI is InChI=1S/C11H15F4N3O5S2/c1-5-7-16-6-8(17-7)24(19,20)18-25(21,22)10(4,13)11(14,15)23-9(2,3)12/h5-6,18H,1H2,2-4H3,(H,16,17). The van der Waals surface area contributed by atoms with Gasteiger partial charge in [-0.15, -0.1) is 4.13 Å². The van der Waals surface area contributed by atoms with E-state index in [1.165, 1.54) is 0 Å². The maximum atomic E-state index is 14.3. The molecule has 1 aromatic heterocycles. The van der Waals surface area contributed by atoms with Crippen molar-refractivity contribution in [1.82, 2.24) is 14.1 Å². The topological polar surface area (TPSA) is 118 Å². The van der Waals surface area contributed by atoms with Crippen LogP contribution in [0.1, 0.15) is 26.6 Å². The Hall–Kier alpha value is -1.51. The highest BCUT2D eigenvalue weighted by Crippen LogP contribution is 2.40. The number of hydrogen-bond donors (Lipinski definition) is 2. The lowest BCUT2D eigenvalue weighted by Crippen LogP contribution is -2.57. The Bertz CT molecular complexity index is 857. The number of aromatic nitrogens is 2. The van der Waals surface area contributed by atoms with Crippen LogP contribution in [-0.4, -0.2) is 43.8 Å². The first-order valence-corrected chi connectivity index (χ1v) is 9.33. The maximum Gasteiger partial charge on any atom is 0.408 e. The summed E-state index contributed by atoms with van der Waals surface area (Å²) in [5, 5.41) is -5.48. The molecule has 25 heavy (non-hydrogen) atoms. The predicted molar refractivity (Wildman–Crippen MR) is 78.7 cm³/mol. The van der Waals surface area contributed by atoms with Crippen LogP contribution in [0.4, 0.5) is 17.6 Å². The van der Waals surface area contributed by atoms with Crippen molar-refractivity contribution >= 4 is 26.1 Å². The van der Waals surface area contributed by atoms with E-state index in [4.69, 9.17) is 0 Å². The molecule has 0 radical (unpaired) electrons. The van der Waals surface area contributed by atoms with Crippen LogP contribution in [0.15, 0.2) is 17.8 Å². The predicted octanol–water partition coefficient (Wildman–Crippen LogP) is 1.66. The third kappa shape index (κ3) is 4.56. The van der Waals surface area contributed by atoms with Gasteiger partial charge in [-0.1, -0.05) is 6.58 Å². The average molecular weight is 409 g/mol. The fraction of sp³-hybridized carbons (Fsp3) is 0.545. The number of imidazole rings is 1. The highest BCUT2D eigenvalue weighted by atomic mass is 32.3. The molecule has 1 rings (SSSR count). The molecule has 1 heterocycles. The SMILES string of the molecule is C=Cc1ncc(S(=O)(=O)NS(=O)(=O)C(C)(F)C(F)(F)OC(C)(C)F)[nH]1.